The number of nitrogens with zero attached hydrogens (tertiary/aromatic N) is 5. The highest BCUT2D eigenvalue weighted by molar-refractivity contribution is 7.99. The molecule has 1 aliphatic rings. The van der Waals surface area contributed by atoms with E-state index in [9.17, 15) is 4.79 Å². The molecule has 0 saturated carbocycles. The molecule has 1 fully saturated rings. The van der Waals surface area contributed by atoms with Gasteiger partial charge in [-0.1, -0.05) is 68.4 Å². The van der Waals surface area contributed by atoms with E-state index < -0.39 is 0 Å². The first-order valence-corrected chi connectivity index (χ1v) is 16.2. The third kappa shape index (κ3) is 7.87. The number of methoxy groups -OCH3 is 1. The highest BCUT2D eigenvalue weighted by atomic mass is 35.5. The molecule has 0 N–H and O–H groups in total. The van der Waals surface area contributed by atoms with Gasteiger partial charge in [0.2, 0.25) is 5.16 Å². The molecule has 0 amide bonds. The summed E-state index contributed by atoms with van der Waals surface area (Å²) in [6, 6.07) is 18.9. The van der Waals surface area contributed by atoms with Gasteiger partial charge in [-0.15, -0.1) is 10.2 Å². The minimum atomic E-state index is -0.240. The Hall–Kier alpha value is -3.86. The van der Waals surface area contributed by atoms with E-state index >= 15 is 0 Å². The van der Waals surface area contributed by atoms with E-state index in [1.165, 1.54) is 11.8 Å². The second kappa shape index (κ2) is 14.5. The van der Waals surface area contributed by atoms with Crippen LogP contribution >= 0.6 is 23.4 Å². The van der Waals surface area contributed by atoms with Crippen molar-refractivity contribution in [1.29, 1.82) is 0 Å². The highest BCUT2D eigenvalue weighted by Gasteiger charge is 2.27. The summed E-state index contributed by atoms with van der Waals surface area (Å²) in [4.78, 5) is 16.0. The van der Waals surface area contributed by atoms with E-state index in [1.807, 2.05) is 61.5 Å². The molecule has 4 aromatic rings. The molecular formula is C34H38ClN5O4S. The smallest absolute Gasteiger partial charge is 0.212 e. The van der Waals surface area contributed by atoms with Crippen molar-refractivity contribution in [2.45, 2.75) is 38.3 Å². The van der Waals surface area contributed by atoms with Gasteiger partial charge in [-0.2, -0.15) is 9.78 Å². The number of Topliss-reactive ketones (excluding diaryl/α,β-unsaturated/α-hetero) is 1. The largest absolute Gasteiger partial charge is 0.494 e. The van der Waals surface area contributed by atoms with Crippen LogP contribution in [0.25, 0.3) is 11.4 Å². The van der Waals surface area contributed by atoms with Crippen LogP contribution in [0, 0.1) is 0 Å². The van der Waals surface area contributed by atoms with E-state index in [-0.39, 0.29) is 17.0 Å². The minimum absolute atomic E-state index is 0.0325. The number of ether oxygens (including phenoxy) is 3. The Morgan fingerprint density at radius 1 is 1.09 bits per heavy atom. The number of hydrogen-bond acceptors (Lipinski definition) is 9. The van der Waals surface area contributed by atoms with Crippen LogP contribution in [0.5, 0.6) is 11.5 Å². The molecule has 0 spiro atoms. The molecule has 11 heteroatoms. The zero-order valence-electron chi connectivity index (χ0n) is 26.2. The monoisotopic (exact) mass is 647 g/mol. The van der Waals surface area contributed by atoms with Crippen molar-refractivity contribution in [3.8, 4) is 22.9 Å². The lowest BCUT2D eigenvalue weighted by molar-refractivity contribution is 0.102. The fourth-order valence-electron chi connectivity index (χ4n) is 5.04. The fraction of sp³-hybridized carbons (Fsp3) is 0.353. The average molecular weight is 648 g/mol. The van der Waals surface area contributed by atoms with Crippen LogP contribution in [0.15, 0.2) is 70.9 Å². The molecule has 0 atom stereocenters. The Bertz CT molecular complexity index is 1680. The van der Waals surface area contributed by atoms with Gasteiger partial charge in [0.25, 0.3) is 0 Å². The first-order valence-electron chi connectivity index (χ1n) is 14.9. The van der Waals surface area contributed by atoms with Crippen LogP contribution in [0.1, 0.15) is 49.2 Å². The zero-order valence-corrected chi connectivity index (χ0v) is 27.8. The summed E-state index contributed by atoms with van der Waals surface area (Å²) < 4.78 is 18.8. The van der Waals surface area contributed by atoms with Gasteiger partial charge < -0.3 is 19.1 Å². The molecule has 1 aromatic heterocycles. The predicted molar refractivity (Wildman–Crippen MR) is 181 cm³/mol. The summed E-state index contributed by atoms with van der Waals surface area (Å²) in [7, 11) is 1.68. The van der Waals surface area contributed by atoms with E-state index in [2.05, 4.69) is 35.9 Å². The van der Waals surface area contributed by atoms with Crippen molar-refractivity contribution in [2.75, 3.05) is 50.7 Å². The Kier molecular flexibility index (Phi) is 10.5. The van der Waals surface area contributed by atoms with Crippen LogP contribution in [-0.4, -0.2) is 72.6 Å². The van der Waals surface area contributed by atoms with Crippen molar-refractivity contribution < 1.29 is 19.0 Å². The standard InChI is InChI=1S/C34H38ClN5O4S/c1-6-44-27-12-7-9-23(17-27)21-36-40-32(24-10-8-11-26(35)18-24)37-38-33(40)45-22-30(41)25-19-28(34(2,3)4)31(42-5)29(20-25)39-13-15-43-16-14-39/h7-12,17-21H,6,13-16,22H2,1-5H3/b36-21+. The van der Waals surface area contributed by atoms with Gasteiger partial charge >= 0.3 is 0 Å². The third-order valence-corrected chi connectivity index (χ3v) is 8.43. The maximum absolute atomic E-state index is 13.8. The summed E-state index contributed by atoms with van der Waals surface area (Å²) in [6.07, 6.45) is 1.72. The molecule has 2 heterocycles. The highest BCUT2D eigenvalue weighted by Crippen LogP contribution is 2.41. The van der Waals surface area contributed by atoms with Crippen LogP contribution in [-0.2, 0) is 10.2 Å². The topological polar surface area (TPSA) is 91.1 Å². The zero-order chi connectivity index (χ0) is 32.0. The number of thioether (sulfide) groups is 1. The molecule has 5 rings (SSSR count). The first-order chi connectivity index (χ1) is 21.7. The molecule has 1 aliphatic heterocycles. The predicted octanol–water partition coefficient (Wildman–Crippen LogP) is 7.00. The second-order valence-electron chi connectivity index (χ2n) is 11.5. The van der Waals surface area contributed by atoms with Crippen molar-refractivity contribution >= 4 is 41.0 Å². The fourth-order valence-corrected chi connectivity index (χ4v) is 6.01. The SMILES string of the molecule is CCOc1cccc(/C=N/n2c(SCC(=O)c3cc(N4CCOCC4)c(OC)c(C(C)(C)C)c3)nnc2-c2cccc(Cl)c2)c1. The molecule has 0 radical (unpaired) electrons. The lowest BCUT2D eigenvalue weighted by atomic mass is 9.84. The quantitative estimate of drug-likeness (QED) is 0.0977. The third-order valence-electron chi connectivity index (χ3n) is 7.27. The summed E-state index contributed by atoms with van der Waals surface area (Å²) in [6.45, 7) is 11.6. The summed E-state index contributed by atoms with van der Waals surface area (Å²) in [5.41, 5.74) is 3.87. The molecular weight excluding hydrogens is 610 g/mol. The van der Waals surface area contributed by atoms with Crippen LogP contribution in [0.3, 0.4) is 0 Å². The lowest BCUT2D eigenvalue weighted by Gasteiger charge is -2.33. The average Bonchev–Trinajstić information content (AvgIpc) is 3.45. The van der Waals surface area contributed by atoms with Gasteiger partial charge in [0.15, 0.2) is 11.6 Å². The maximum Gasteiger partial charge on any atom is 0.212 e. The maximum atomic E-state index is 13.8. The van der Waals surface area contributed by atoms with Gasteiger partial charge in [0, 0.05) is 34.8 Å². The number of halogens is 1. The lowest BCUT2D eigenvalue weighted by Crippen LogP contribution is -2.37. The Balaban J connectivity index is 1.47. The Labute approximate surface area is 273 Å². The first kappa shape index (κ1) is 32.5. The molecule has 236 valence electrons. The van der Waals surface area contributed by atoms with Gasteiger partial charge in [-0.05, 0) is 54.3 Å². The Morgan fingerprint density at radius 3 is 2.58 bits per heavy atom. The van der Waals surface area contributed by atoms with E-state index in [0.29, 0.717) is 41.4 Å². The van der Waals surface area contributed by atoms with Crippen molar-refractivity contribution in [3.63, 3.8) is 0 Å². The van der Waals surface area contributed by atoms with Crippen molar-refractivity contribution in [2.24, 2.45) is 5.10 Å². The number of aromatic nitrogens is 3. The molecule has 0 bridgehead atoms. The van der Waals surface area contributed by atoms with Gasteiger partial charge in [0.1, 0.15) is 11.5 Å². The summed E-state index contributed by atoms with van der Waals surface area (Å²) in [5.74, 6) is 2.17. The number of benzene rings is 3. The minimum Gasteiger partial charge on any atom is -0.494 e. The number of carbonyl (C=O) groups is 1. The normalized spacial score (nSPS) is 13.8. The van der Waals surface area contributed by atoms with Crippen molar-refractivity contribution in [3.05, 3.63) is 82.4 Å². The summed E-state index contributed by atoms with van der Waals surface area (Å²) in [5, 5.41) is 14.6. The Morgan fingerprint density at radius 2 is 1.87 bits per heavy atom. The second-order valence-corrected chi connectivity index (χ2v) is 12.9. The van der Waals surface area contributed by atoms with Crippen molar-refractivity contribution in [1.82, 2.24) is 14.9 Å². The number of morpholine rings is 1. The molecule has 1 saturated heterocycles. The number of anilines is 1. The molecule has 0 unspecified atom stereocenters. The molecule has 3 aromatic carbocycles. The summed E-state index contributed by atoms with van der Waals surface area (Å²) >= 11 is 7.59. The number of rotatable bonds is 11. The van der Waals surface area contributed by atoms with E-state index in [4.69, 9.17) is 30.9 Å². The molecule has 45 heavy (non-hydrogen) atoms. The van der Waals surface area contributed by atoms with Crippen LogP contribution in [0.4, 0.5) is 5.69 Å². The van der Waals surface area contributed by atoms with E-state index in [1.54, 1.807) is 24.1 Å². The van der Waals surface area contributed by atoms with Gasteiger partial charge in [0.05, 0.1) is 44.6 Å². The van der Waals surface area contributed by atoms with Crippen LogP contribution < -0.4 is 14.4 Å². The molecule has 9 nitrogen and oxygen atoms in total. The molecule has 0 aliphatic carbocycles. The number of hydrogen-bond donors (Lipinski definition) is 0. The number of carbonyl (C=O) groups excluding carboxylic acids is 1. The van der Waals surface area contributed by atoms with Crippen LogP contribution in [0.2, 0.25) is 5.02 Å². The van der Waals surface area contributed by atoms with E-state index in [0.717, 1.165) is 47.0 Å². The number of ketones is 1. The van der Waals surface area contributed by atoms with Gasteiger partial charge in [-0.25, -0.2) is 0 Å². The van der Waals surface area contributed by atoms with Gasteiger partial charge in [-0.3, -0.25) is 4.79 Å².